The Kier molecular flexibility index (Phi) is 6.36. The van der Waals surface area contributed by atoms with E-state index in [1.165, 1.54) is 12.1 Å². The largest absolute Gasteiger partial charge is 0.301 e. The molecule has 0 aromatic heterocycles. The van der Waals surface area contributed by atoms with E-state index in [2.05, 4.69) is 10.5 Å². The van der Waals surface area contributed by atoms with Crippen LogP contribution in [0.15, 0.2) is 88.9 Å². The average molecular weight is 440 g/mol. The summed E-state index contributed by atoms with van der Waals surface area (Å²) in [7, 11) is -3.75. The van der Waals surface area contributed by atoms with Crippen molar-refractivity contribution in [1.82, 2.24) is 0 Å². The Labute approximate surface area is 177 Å². The monoisotopic (exact) mass is 440 g/mol. The molecule has 0 saturated carbocycles. The van der Waals surface area contributed by atoms with Gasteiger partial charge in [0.15, 0.2) is 9.84 Å². The minimum Gasteiger partial charge on any atom is -0.271 e. The summed E-state index contributed by atoms with van der Waals surface area (Å²) in [5.74, 6) is -0.463. The van der Waals surface area contributed by atoms with Crippen LogP contribution in [0.5, 0.6) is 0 Å². The molecule has 0 fully saturated rings. The molecule has 0 atom stereocenters. The molecule has 3 aromatic rings. The smallest absolute Gasteiger partial charge is 0.271 e. The van der Waals surface area contributed by atoms with E-state index in [9.17, 15) is 28.6 Å². The highest BCUT2D eigenvalue weighted by molar-refractivity contribution is 7.92. The number of nitrogens with zero attached hydrogens (tertiary/aromatic N) is 3. The van der Waals surface area contributed by atoms with Gasteiger partial charge in [0.05, 0.1) is 32.3 Å². The van der Waals surface area contributed by atoms with Crippen LogP contribution in [-0.2, 0) is 9.84 Å². The Morgan fingerprint density at radius 3 is 2.06 bits per heavy atom. The van der Waals surface area contributed by atoms with Crippen molar-refractivity contribution in [2.75, 3.05) is 11.2 Å². The Morgan fingerprint density at radius 2 is 1.48 bits per heavy atom. The van der Waals surface area contributed by atoms with Gasteiger partial charge in [0.2, 0.25) is 0 Å². The zero-order valence-electron chi connectivity index (χ0n) is 15.9. The number of nitrogens with one attached hydrogen (secondary N) is 1. The quantitative estimate of drug-likeness (QED) is 0.318. The summed E-state index contributed by atoms with van der Waals surface area (Å²) in [4.78, 5) is 20.8. The van der Waals surface area contributed by atoms with Crippen LogP contribution < -0.4 is 5.43 Å². The predicted molar refractivity (Wildman–Crippen MR) is 115 cm³/mol. The number of rotatable bonds is 8. The van der Waals surface area contributed by atoms with E-state index in [1.807, 2.05) is 0 Å². The number of benzene rings is 3. The van der Waals surface area contributed by atoms with Gasteiger partial charge in [0.1, 0.15) is 5.69 Å². The van der Waals surface area contributed by atoms with Gasteiger partial charge in [0.25, 0.3) is 5.69 Å². The maximum atomic E-state index is 12.8. The van der Waals surface area contributed by atoms with E-state index >= 15 is 0 Å². The van der Waals surface area contributed by atoms with Crippen molar-refractivity contribution in [3.05, 3.63) is 105 Å². The molecule has 0 spiro atoms. The fourth-order valence-corrected chi connectivity index (χ4v) is 4.04. The first-order chi connectivity index (χ1) is 14.8. The molecule has 1 N–H and O–H groups in total. The van der Waals surface area contributed by atoms with E-state index in [4.69, 9.17) is 0 Å². The number of anilines is 1. The first kappa shape index (κ1) is 21.6. The number of sulfone groups is 1. The molecule has 158 valence electrons. The van der Waals surface area contributed by atoms with Gasteiger partial charge in [0, 0.05) is 6.07 Å². The standard InChI is InChI=1S/C20H16N4O6S/c25-23(26)16-11-12-18(20(13-16)24(27)28)21-22-19(15-7-3-1-4-8-15)14-31(29,30)17-9-5-2-6-10-17/h1-13,21H,14H2. The third-order valence-corrected chi connectivity index (χ3v) is 5.88. The summed E-state index contributed by atoms with van der Waals surface area (Å²) in [5.41, 5.74) is 2.00. The molecule has 0 saturated heterocycles. The second-order valence-electron chi connectivity index (χ2n) is 6.32. The minimum atomic E-state index is -3.75. The van der Waals surface area contributed by atoms with Gasteiger partial charge in [-0.3, -0.25) is 25.7 Å². The van der Waals surface area contributed by atoms with Gasteiger partial charge in [-0.15, -0.1) is 0 Å². The predicted octanol–water partition coefficient (Wildman–Crippen LogP) is 3.79. The minimum absolute atomic E-state index is 0.110. The number of hydrogen-bond donors (Lipinski definition) is 1. The van der Waals surface area contributed by atoms with E-state index in [0.29, 0.717) is 5.56 Å². The normalized spacial score (nSPS) is 11.7. The fourth-order valence-electron chi connectivity index (χ4n) is 2.71. The summed E-state index contributed by atoms with van der Waals surface area (Å²) < 4.78 is 25.7. The summed E-state index contributed by atoms with van der Waals surface area (Å²) in [6.07, 6.45) is 0. The molecule has 0 radical (unpaired) electrons. The molecule has 3 aromatic carbocycles. The van der Waals surface area contributed by atoms with Crippen LogP contribution in [0.25, 0.3) is 0 Å². The second kappa shape index (κ2) is 9.13. The van der Waals surface area contributed by atoms with Crippen molar-refractivity contribution < 1.29 is 18.3 Å². The van der Waals surface area contributed by atoms with E-state index in [-0.39, 0.29) is 16.3 Å². The highest BCUT2D eigenvalue weighted by atomic mass is 32.2. The number of hydrazone groups is 1. The molecule has 31 heavy (non-hydrogen) atoms. The van der Waals surface area contributed by atoms with Crippen molar-refractivity contribution in [3.63, 3.8) is 0 Å². The van der Waals surface area contributed by atoms with E-state index < -0.39 is 36.8 Å². The van der Waals surface area contributed by atoms with Crippen LogP contribution in [0, 0.1) is 20.2 Å². The van der Waals surface area contributed by atoms with Crippen molar-refractivity contribution in [1.29, 1.82) is 0 Å². The summed E-state index contributed by atoms with van der Waals surface area (Å²) in [5, 5.41) is 26.3. The fraction of sp³-hybridized carbons (Fsp3) is 0.0500. The van der Waals surface area contributed by atoms with Gasteiger partial charge in [-0.25, -0.2) is 8.42 Å². The molecule has 10 nitrogen and oxygen atoms in total. The van der Waals surface area contributed by atoms with Crippen LogP contribution in [0.3, 0.4) is 0 Å². The van der Waals surface area contributed by atoms with Gasteiger partial charge in [-0.2, -0.15) is 5.10 Å². The first-order valence-electron chi connectivity index (χ1n) is 8.86. The molecular formula is C20H16N4O6S. The highest BCUT2D eigenvalue weighted by Gasteiger charge is 2.21. The third-order valence-electron chi connectivity index (χ3n) is 4.24. The van der Waals surface area contributed by atoms with Crippen LogP contribution >= 0.6 is 0 Å². The van der Waals surface area contributed by atoms with Crippen molar-refractivity contribution >= 4 is 32.6 Å². The molecule has 0 bridgehead atoms. The molecular weight excluding hydrogens is 424 g/mol. The first-order valence-corrected chi connectivity index (χ1v) is 10.5. The lowest BCUT2D eigenvalue weighted by molar-refractivity contribution is -0.393. The number of nitro groups is 2. The third kappa shape index (κ3) is 5.28. The lowest BCUT2D eigenvalue weighted by atomic mass is 10.1. The Bertz CT molecular complexity index is 1250. The van der Waals surface area contributed by atoms with Crippen LogP contribution in [0.4, 0.5) is 17.1 Å². The molecule has 0 unspecified atom stereocenters. The molecule has 0 amide bonds. The van der Waals surface area contributed by atoms with Gasteiger partial charge < -0.3 is 0 Å². The van der Waals surface area contributed by atoms with Crippen LogP contribution in [0.1, 0.15) is 5.56 Å². The van der Waals surface area contributed by atoms with Gasteiger partial charge >= 0.3 is 5.69 Å². The topological polar surface area (TPSA) is 145 Å². The van der Waals surface area contributed by atoms with E-state index in [1.54, 1.807) is 48.5 Å². The van der Waals surface area contributed by atoms with Crippen molar-refractivity contribution in [3.8, 4) is 0 Å². The highest BCUT2D eigenvalue weighted by Crippen LogP contribution is 2.29. The zero-order chi connectivity index (χ0) is 22.4. The van der Waals surface area contributed by atoms with Gasteiger partial charge in [-0.1, -0.05) is 48.5 Å². The number of hydrogen-bond acceptors (Lipinski definition) is 8. The SMILES string of the molecule is O=[N+]([O-])c1ccc(NN=C(CS(=O)(=O)c2ccccc2)c2ccccc2)c([N+](=O)[O-])c1. The molecule has 11 heteroatoms. The van der Waals surface area contributed by atoms with Crippen molar-refractivity contribution in [2.24, 2.45) is 5.10 Å². The Morgan fingerprint density at radius 1 is 0.871 bits per heavy atom. The second-order valence-corrected chi connectivity index (χ2v) is 8.31. The van der Waals surface area contributed by atoms with E-state index in [0.717, 1.165) is 18.2 Å². The summed E-state index contributed by atoms with van der Waals surface area (Å²) in [6, 6.07) is 19.3. The Hall–Kier alpha value is -4.12. The zero-order valence-corrected chi connectivity index (χ0v) is 16.7. The van der Waals surface area contributed by atoms with Gasteiger partial charge in [-0.05, 0) is 23.8 Å². The maximum absolute atomic E-state index is 12.8. The molecule has 0 aliphatic rings. The molecule has 0 aliphatic heterocycles. The van der Waals surface area contributed by atoms with Crippen LogP contribution in [0.2, 0.25) is 0 Å². The summed E-state index contributed by atoms with van der Waals surface area (Å²) >= 11 is 0. The van der Waals surface area contributed by atoms with Crippen molar-refractivity contribution in [2.45, 2.75) is 4.90 Å². The molecule has 3 rings (SSSR count). The lowest BCUT2D eigenvalue weighted by Gasteiger charge is -2.10. The number of non-ortho nitro benzene ring substituents is 1. The summed E-state index contributed by atoms with van der Waals surface area (Å²) in [6.45, 7) is 0. The van der Waals surface area contributed by atoms with Crippen LogP contribution in [-0.4, -0.2) is 29.7 Å². The average Bonchev–Trinajstić information content (AvgIpc) is 2.77. The molecule has 0 heterocycles. The maximum Gasteiger partial charge on any atom is 0.301 e. The molecule has 0 aliphatic carbocycles. The Balaban J connectivity index is 2.00. The number of nitro benzene ring substituents is 2. The lowest BCUT2D eigenvalue weighted by Crippen LogP contribution is -2.19.